The zero-order chi connectivity index (χ0) is 28.7. The van der Waals surface area contributed by atoms with Crippen molar-refractivity contribution in [1.82, 2.24) is 10.2 Å². The molecule has 1 aliphatic rings. The maximum absolute atomic E-state index is 14.0. The van der Waals surface area contributed by atoms with E-state index in [1.807, 2.05) is 0 Å². The van der Waals surface area contributed by atoms with Crippen LogP contribution in [-0.2, 0) is 12.4 Å². The van der Waals surface area contributed by atoms with Crippen LogP contribution < -0.4 is 25.2 Å². The molecule has 0 bridgehead atoms. The number of carbonyl (C=O) groups is 2. The molecule has 2 aromatic carbocycles. The van der Waals surface area contributed by atoms with E-state index in [4.69, 9.17) is 10.5 Å². The lowest BCUT2D eigenvalue weighted by atomic mass is 10.1. The fourth-order valence-electron chi connectivity index (χ4n) is 3.67. The molecule has 0 unspecified atom stereocenters. The van der Waals surface area contributed by atoms with Crippen molar-refractivity contribution in [3.8, 4) is 5.75 Å². The van der Waals surface area contributed by atoms with E-state index in [0.29, 0.717) is 9.80 Å². The molecule has 2 N–H and O–H groups in total. The van der Waals surface area contributed by atoms with Crippen molar-refractivity contribution in [3.05, 3.63) is 65.5 Å². The molecule has 0 spiro atoms. The Labute approximate surface area is 215 Å². The van der Waals surface area contributed by atoms with Gasteiger partial charge in [0.05, 0.1) is 11.3 Å². The molecule has 0 radical (unpaired) electrons. The average Bonchev–Trinajstić information content (AvgIpc) is 3.24. The Kier molecular flexibility index (Phi) is 6.97. The molecule has 3 amide bonds. The van der Waals surface area contributed by atoms with Crippen LogP contribution in [0.4, 0.5) is 63.3 Å². The Hall–Kier alpha value is -4.63. The molecule has 1 aliphatic heterocycles. The van der Waals surface area contributed by atoms with Crippen molar-refractivity contribution in [3.63, 3.8) is 0 Å². The van der Waals surface area contributed by atoms with Crippen molar-refractivity contribution in [1.29, 1.82) is 0 Å². The first-order valence-corrected chi connectivity index (χ1v) is 10.9. The third kappa shape index (κ3) is 5.63. The third-order valence-electron chi connectivity index (χ3n) is 5.63. The Balaban J connectivity index is 1.81. The number of nitrogens with two attached hydrogens (primary N) is 1. The van der Waals surface area contributed by atoms with E-state index in [1.165, 1.54) is 12.1 Å². The van der Waals surface area contributed by atoms with Crippen molar-refractivity contribution >= 4 is 35.1 Å². The van der Waals surface area contributed by atoms with Gasteiger partial charge in [0.1, 0.15) is 17.2 Å². The van der Waals surface area contributed by atoms with Gasteiger partial charge in [-0.15, -0.1) is 10.2 Å². The molecule has 4 rings (SSSR count). The molecule has 2 heterocycles. The summed E-state index contributed by atoms with van der Waals surface area (Å²) in [5.74, 6) is -2.04. The predicted octanol–water partition coefficient (Wildman–Crippen LogP) is 5.32. The lowest BCUT2D eigenvalue weighted by Gasteiger charge is -2.26. The summed E-state index contributed by atoms with van der Waals surface area (Å²) in [5, 5.41) is 7.29. The van der Waals surface area contributed by atoms with Gasteiger partial charge in [-0.3, -0.25) is 14.7 Å². The SMILES string of the molecule is CN(C(=O)Oc1c(N2CCN(c3ccc(N)nn3)C2=O)cc(C(F)(F)F)cc1C(F)(F)F)c1ccc(F)cc1. The van der Waals surface area contributed by atoms with E-state index in [0.717, 1.165) is 36.2 Å². The number of anilines is 4. The second kappa shape index (κ2) is 9.92. The van der Waals surface area contributed by atoms with Gasteiger partial charge >= 0.3 is 24.5 Å². The largest absolute Gasteiger partial charge is 0.420 e. The summed E-state index contributed by atoms with van der Waals surface area (Å²) in [4.78, 5) is 28.2. The van der Waals surface area contributed by atoms with E-state index in [9.17, 15) is 40.3 Å². The summed E-state index contributed by atoms with van der Waals surface area (Å²) >= 11 is 0. The fourth-order valence-corrected chi connectivity index (χ4v) is 3.67. The molecule has 1 fully saturated rings. The van der Waals surface area contributed by atoms with E-state index in [1.54, 1.807) is 0 Å². The summed E-state index contributed by atoms with van der Waals surface area (Å²) in [6.07, 6.45) is -12.1. The number of ether oxygens (including phenoxy) is 1. The first kappa shape index (κ1) is 27.4. The zero-order valence-corrected chi connectivity index (χ0v) is 19.7. The number of aromatic nitrogens is 2. The Bertz CT molecular complexity index is 1400. The maximum Gasteiger partial charge on any atom is 0.420 e. The molecule has 9 nitrogen and oxygen atoms in total. The van der Waals surface area contributed by atoms with Crippen molar-refractivity contribution in [2.24, 2.45) is 0 Å². The lowest BCUT2D eigenvalue weighted by molar-refractivity contribution is -0.143. The number of urea groups is 1. The van der Waals surface area contributed by atoms with Gasteiger partial charge in [0, 0.05) is 25.8 Å². The highest BCUT2D eigenvalue weighted by Gasteiger charge is 2.44. The number of benzene rings is 2. The Morgan fingerprint density at radius 2 is 1.59 bits per heavy atom. The van der Waals surface area contributed by atoms with Crippen LogP contribution in [0.15, 0.2) is 48.5 Å². The number of hydrogen-bond donors (Lipinski definition) is 1. The minimum Gasteiger partial charge on any atom is -0.407 e. The Morgan fingerprint density at radius 3 is 2.15 bits per heavy atom. The topological polar surface area (TPSA) is 105 Å². The van der Waals surface area contributed by atoms with E-state index in [-0.39, 0.29) is 42.5 Å². The number of nitrogen functional groups attached to an aromatic ring is 1. The van der Waals surface area contributed by atoms with Crippen LogP contribution in [0, 0.1) is 5.82 Å². The number of alkyl halides is 6. The highest BCUT2D eigenvalue weighted by atomic mass is 19.4. The Morgan fingerprint density at radius 1 is 0.949 bits per heavy atom. The number of amides is 3. The van der Waals surface area contributed by atoms with Crippen molar-refractivity contribution in [2.45, 2.75) is 12.4 Å². The molecule has 16 heteroatoms. The summed E-state index contributed by atoms with van der Waals surface area (Å²) in [6.45, 7) is -0.584. The standard InChI is InChI=1S/C23H17F7N6O3/c1-34(14-4-2-13(24)3-5-14)21(38)39-19-15(23(28,29)30)10-12(22(25,26)27)11-16(19)35-8-9-36(20(35)37)18-7-6-17(31)32-33-18/h2-7,10-11H,8-9H2,1H3,(H2,31,32). The molecular weight excluding hydrogens is 541 g/mol. The molecule has 1 aromatic heterocycles. The second-order valence-corrected chi connectivity index (χ2v) is 8.17. The normalized spacial score (nSPS) is 14.1. The summed E-state index contributed by atoms with van der Waals surface area (Å²) in [5.41, 5.74) is 0.855. The van der Waals surface area contributed by atoms with Gasteiger partial charge in [-0.05, 0) is 48.5 Å². The van der Waals surface area contributed by atoms with Gasteiger partial charge in [-0.1, -0.05) is 0 Å². The van der Waals surface area contributed by atoms with Gasteiger partial charge in [-0.25, -0.2) is 14.0 Å². The molecule has 206 valence electrons. The monoisotopic (exact) mass is 558 g/mol. The lowest BCUT2D eigenvalue weighted by Crippen LogP contribution is -2.34. The molecule has 1 saturated heterocycles. The van der Waals surface area contributed by atoms with Crippen LogP contribution in [0.1, 0.15) is 11.1 Å². The van der Waals surface area contributed by atoms with Crippen LogP contribution in [0.2, 0.25) is 0 Å². The zero-order valence-electron chi connectivity index (χ0n) is 19.7. The van der Waals surface area contributed by atoms with Gasteiger partial charge in [-0.2, -0.15) is 26.3 Å². The summed E-state index contributed by atoms with van der Waals surface area (Å²) in [7, 11) is 1.09. The van der Waals surface area contributed by atoms with Crippen LogP contribution in [-0.4, -0.2) is 42.5 Å². The molecule has 0 saturated carbocycles. The smallest absolute Gasteiger partial charge is 0.407 e. The minimum atomic E-state index is -5.43. The van der Waals surface area contributed by atoms with E-state index >= 15 is 0 Å². The first-order chi connectivity index (χ1) is 18.2. The maximum atomic E-state index is 14.0. The minimum absolute atomic E-state index is 0.00812. The van der Waals surface area contributed by atoms with Crippen molar-refractivity contribution in [2.75, 3.05) is 40.6 Å². The number of rotatable bonds is 4. The third-order valence-corrected chi connectivity index (χ3v) is 5.63. The van der Waals surface area contributed by atoms with Gasteiger partial charge < -0.3 is 10.5 Å². The number of hydrogen-bond acceptors (Lipinski definition) is 6. The summed E-state index contributed by atoms with van der Waals surface area (Å²) in [6, 6.07) is 5.81. The van der Waals surface area contributed by atoms with Gasteiger partial charge in [0.2, 0.25) is 0 Å². The molecular formula is C23H17F7N6O3. The van der Waals surface area contributed by atoms with Crippen LogP contribution in [0.25, 0.3) is 0 Å². The predicted molar refractivity (Wildman–Crippen MR) is 124 cm³/mol. The highest BCUT2D eigenvalue weighted by Crippen LogP contribution is 2.47. The van der Waals surface area contributed by atoms with Crippen molar-refractivity contribution < 1.29 is 45.1 Å². The van der Waals surface area contributed by atoms with E-state index < -0.39 is 52.9 Å². The van der Waals surface area contributed by atoms with E-state index in [2.05, 4.69) is 10.2 Å². The highest BCUT2D eigenvalue weighted by molar-refractivity contribution is 6.07. The number of nitrogens with zero attached hydrogens (tertiary/aromatic N) is 5. The molecule has 0 aliphatic carbocycles. The van der Waals surface area contributed by atoms with Crippen LogP contribution in [0.3, 0.4) is 0 Å². The number of halogens is 7. The van der Waals surface area contributed by atoms with Crippen LogP contribution in [0.5, 0.6) is 5.75 Å². The second-order valence-electron chi connectivity index (χ2n) is 8.17. The molecule has 39 heavy (non-hydrogen) atoms. The fraction of sp³-hybridized carbons (Fsp3) is 0.217. The van der Waals surface area contributed by atoms with Gasteiger partial charge in [0.25, 0.3) is 0 Å². The van der Waals surface area contributed by atoms with Gasteiger partial charge in [0.15, 0.2) is 11.6 Å². The number of carbonyl (C=O) groups excluding carboxylic acids is 2. The first-order valence-electron chi connectivity index (χ1n) is 10.9. The molecule has 0 atom stereocenters. The van der Waals surface area contributed by atoms with Crippen LogP contribution >= 0.6 is 0 Å². The average molecular weight is 558 g/mol. The summed E-state index contributed by atoms with van der Waals surface area (Å²) < 4.78 is 101. The quantitative estimate of drug-likeness (QED) is 0.435. The molecule has 3 aromatic rings.